The van der Waals surface area contributed by atoms with Crippen LogP contribution in [0.3, 0.4) is 0 Å². The minimum atomic E-state index is 0.00257. The summed E-state index contributed by atoms with van der Waals surface area (Å²) in [5, 5.41) is 11.9. The van der Waals surface area contributed by atoms with Gasteiger partial charge in [0.2, 0.25) is 5.91 Å². The van der Waals surface area contributed by atoms with Gasteiger partial charge >= 0.3 is 0 Å². The number of likely N-dealkylation sites (N-methyl/N-ethyl adjacent to an activating group) is 1. The van der Waals surface area contributed by atoms with Gasteiger partial charge in [0.1, 0.15) is 11.6 Å². The fraction of sp³-hybridized carbons (Fsp3) is 0.500. The fourth-order valence-electron chi connectivity index (χ4n) is 3.19. The number of nitrogens with one attached hydrogen (secondary N) is 1. The first-order chi connectivity index (χ1) is 11.7. The van der Waals surface area contributed by atoms with Gasteiger partial charge in [-0.25, -0.2) is 0 Å². The second kappa shape index (κ2) is 7.57. The van der Waals surface area contributed by atoms with Crippen LogP contribution < -0.4 is 10.2 Å². The summed E-state index contributed by atoms with van der Waals surface area (Å²) in [6, 6.07) is 9.77. The van der Waals surface area contributed by atoms with Crippen molar-refractivity contribution in [1.29, 1.82) is 0 Å². The third-order valence-corrected chi connectivity index (χ3v) is 4.52. The van der Waals surface area contributed by atoms with E-state index in [1.54, 1.807) is 4.90 Å². The number of carbonyl (C=O) groups is 1. The van der Waals surface area contributed by atoms with Gasteiger partial charge in [0.25, 0.3) is 0 Å². The topological polar surface area (TPSA) is 63.1 Å². The van der Waals surface area contributed by atoms with Gasteiger partial charge < -0.3 is 9.47 Å². The normalized spacial score (nSPS) is 14.9. The van der Waals surface area contributed by atoms with Crippen molar-refractivity contribution in [3.8, 4) is 0 Å². The quantitative estimate of drug-likeness (QED) is 0.884. The van der Waals surface area contributed by atoms with Crippen LogP contribution in [0.2, 0.25) is 0 Å². The van der Waals surface area contributed by atoms with Crippen LogP contribution in [0.15, 0.2) is 30.3 Å². The minimum absolute atomic E-state index is 0.00257. The largest absolute Gasteiger partial charge is 0.314 e. The zero-order chi connectivity index (χ0) is 16.9. The number of para-hydroxylation sites is 1. The molecule has 0 saturated carbocycles. The number of hydrogen-bond acceptors (Lipinski definition) is 4. The van der Waals surface area contributed by atoms with Crippen LogP contribution in [0, 0.1) is 0 Å². The Balaban J connectivity index is 1.62. The average Bonchev–Trinajstić information content (AvgIpc) is 3.05. The van der Waals surface area contributed by atoms with Gasteiger partial charge in [0, 0.05) is 25.2 Å². The summed E-state index contributed by atoms with van der Waals surface area (Å²) in [5.41, 5.74) is 0.930. The van der Waals surface area contributed by atoms with Gasteiger partial charge in [-0.3, -0.25) is 10.1 Å². The first kappa shape index (κ1) is 16.6. The maximum atomic E-state index is 12.6. The lowest BCUT2D eigenvalue weighted by atomic mass is 10.1. The van der Waals surface area contributed by atoms with E-state index in [1.807, 2.05) is 44.2 Å². The predicted molar refractivity (Wildman–Crippen MR) is 93.8 cm³/mol. The highest BCUT2D eigenvalue weighted by atomic mass is 16.2. The number of anilines is 1. The maximum absolute atomic E-state index is 12.6. The van der Waals surface area contributed by atoms with Crippen molar-refractivity contribution in [2.75, 3.05) is 18.0 Å². The van der Waals surface area contributed by atoms with Gasteiger partial charge in [-0.15, -0.1) is 10.2 Å². The van der Waals surface area contributed by atoms with Gasteiger partial charge in [-0.2, -0.15) is 0 Å². The van der Waals surface area contributed by atoms with Crippen molar-refractivity contribution >= 4 is 11.6 Å². The summed E-state index contributed by atoms with van der Waals surface area (Å²) in [5.74, 6) is 2.06. The predicted octanol–water partition coefficient (Wildman–Crippen LogP) is 2.32. The van der Waals surface area contributed by atoms with Gasteiger partial charge in [0.15, 0.2) is 0 Å². The number of carbonyl (C=O) groups excluding carboxylic acids is 1. The Hall–Kier alpha value is -2.21. The zero-order valence-electron chi connectivity index (χ0n) is 14.4. The van der Waals surface area contributed by atoms with Crippen molar-refractivity contribution in [3.63, 3.8) is 0 Å². The number of benzene rings is 1. The highest BCUT2D eigenvalue weighted by Gasteiger charge is 2.21. The summed E-state index contributed by atoms with van der Waals surface area (Å²) >= 11 is 0. The lowest BCUT2D eigenvalue weighted by Gasteiger charge is -2.23. The van der Waals surface area contributed by atoms with Gasteiger partial charge in [-0.1, -0.05) is 18.2 Å². The molecule has 0 spiro atoms. The molecule has 1 atom stereocenters. The summed E-state index contributed by atoms with van der Waals surface area (Å²) in [6.07, 6.45) is 3.35. The Morgan fingerprint density at radius 1 is 1.29 bits per heavy atom. The number of hydrogen-bond donors (Lipinski definition) is 1. The molecule has 1 aliphatic rings. The number of aromatic nitrogens is 3. The van der Waals surface area contributed by atoms with Crippen molar-refractivity contribution in [1.82, 2.24) is 20.1 Å². The summed E-state index contributed by atoms with van der Waals surface area (Å²) in [7, 11) is 0. The zero-order valence-corrected chi connectivity index (χ0v) is 14.4. The van der Waals surface area contributed by atoms with Crippen molar-refractivity contribution in [2.45, 2.75) is 45.7 Å². The molecule has 1 aliphatic heterocycles. The van der Waals surface area contributed by atoms with E-state index in [1.165, 1.54) is 12.8 Å². The lowest BCUT2D eigenvalue weighted by molar-refractivity contribution is -0.117. The molecule has 0 bridgehead atoms. The van der Waals surface area contributed by atoms with Crippen LogP contribution in [0.4, 0.5) is 5.69 Å². The van der Waals surface area contributed by atoms with E-state index in [0.29, 0.717) is 6.54 Å². The van der Waals surface area contributed by atoms with E-state index < -0.39 is 0 Å². The van der Waals surface area contributed by atoms with Crippen LogP contribution in [-0.4, -0.2) is 33.8 Å². The molecule has 2 aromatic rings. The number of nitrogens with zero attached hydrogens (tertiary/aromatic N) is 4. The second-order valence-electron chi connectivity index (χ2n) is 6.16. The Morgan fingerprint density at radius 3 is 2.83 bits per heavy atom. The van der Waals surface area contributed by atoms with E-state index in [0.717, 1.165) is 30.3 Å². The summed E-state index contributed by atoms with van der Waals surface area (Å²) in [4.78, 5) is 14.3. The molecule has 2 heterocycles. The fourth-order valence-corrected chi connectivity index (χ4v) is 3.19. The number of fused-ring (bicyclic) bond motifs is 1. The third kappa shape index (κ3) is 3.48. The molecular weight excluding hydrogens is 302 g/mol. The van der Waals surface area contributed by atoms with Crippen LogP contribution in [-0.2, 0) is 17.8 Å². The molecule has 1 aromatic heterocycles. The third-order valence-electron chi connectivity index (χ3n) is 4.52. The molecule has 1 N–H and O–H groups in total. The molecular formula is C18H25N5O. The molecule has 1 amide bonds. The SMILES string of the molecule is CCN(C(=O)CN[C@H](C)c1nnc2n1CCCC2)c1ccccc1. The molecule has 0 saturated heterocycles. The Labute approximate surface area is 142 Å². The maximum Gasteiger partial charge on any atom is 0.240 e. The Bertz CT molecular complexity index is 682. The van der Waals surface area contributed by atoms with Gasteiger partial charge in [-0.05, 0) is 38.8 Å². The molecule has 1 aromatic carbocycles. The highest BCUT2D eigenvalue weighted by Crippen LogP contribution is 2.19. The molecule has 24 heavy (non-hydrogen) atoms. The molecule has 3 rings (SSSR count). The monoisotopic (exact) mass is 327 g/mol. The molecule has 0 aliphatic carbocycles. The van der Waals surface area contributed by atoms with E-state index in [9.17, 15) is 4.79 Å². The Morgan fingerprint density at radius 2 is 2.08 bits per heavy atom. The van der Waals surface area contributed by atoms with E-state index in [4.69, 9.17) is 0 Å². The number of rotatable bonds is 6. The van der Waals surface area contributed by atoms with Crippen molar-refractivity contribution in [2.24, 2.45) is 0 Å². The Kier molecular flexibility index (Phi) is 5.25. The molecule has 0 unspecified atom stereocenters. The van der Waals surface area contributed by atoms with E-state index in [-0.39, 0.29) is 18.5 Å². The molecule has 0 fully saturated rings. The van der Waals surface area contributed by atoms with E-state index >= 15 is 0 Å². The van der Waals surface area contributed by atoms with Gasteiger partial charge in [0.05, 0.1) is 12.6 Å². The smallest absolute Gasteiger partial charge is 0.240 e. The first-order valence-electron chi connectivity index (χ1n) is 8.71. The van der Waals surface area contributed by atoms with Crippen molar-refractivity contribution < 1.29 is 4.79 Å². The molecule has 6 nitrogen and oxygen atoms in total. The second-order valence-corrected chi connectivity index (χ2v) is 6.16. The highest BCUT2D eigenvalue weighted by molar-refractivity contribution is 5.94. The molecule has 0 radical (unpaired) electrons. The van der Waals surface area contributed by atoms with Crippen LogP contribution in [0.25, 0.3) is 0 Å². The van der Waals surface area contributed by atoms with Crippen LogP contribution >= 0.6 is 0 Å². The van der Waals surface area contributed by atoms with Crippen LogP contribution in [0.1, 0.15) is 44.4 Å². The average molecular weight is 327 g/mol. The number of aryl methyl sites for hydroxylation is 1. The minimum Gasteiger partial charge on any atom is -0.314 e. The first-order valence-corrected chi connectivity index (χ1v) is 8.71. The van der Waals surface area contributed by atoms with Crippen LogP contribution in [0.5, 0.6) is 0 Å². The van der Waals surface area contributed by atoms with Crippen molar-refractivity contribution in [3.05, 3.63) is 42.0 Å². The molecule has 128 valence electrons. The lowest BCUT2D eigenvalue weighted by Crippen LogP contribution is -2.39. The summed E-state index contributed by atoms with van der Waals surface area (Å²) in [6.45, 7) is 5.94. The van der Waals surface area contributed by atoms with E-state index in [2.05, 4.69) is 20.1 Å². The standard InChI is InChI=1S/C18H25N5O/c1-3-22(15-9-5-4-6-10-15)17(24)13-19-14(2)18-21-20-16-11-7-8-12-23(16)18/h4-6,9-10,14,19H,3,7-8,11-13H2,1-2H3/t14-/m1/s1. The summed E-state index contributed by atoms with van der Waals surface area (Å²) < 4.78 is 2.19. The molecule has 6 heteroatoms. The number of amides is 1.